The molecule has 0 amide bonds. The van der Waals surface area contributed by atoms with Crippen LogP contribution in [0.15, 0.2) is 0 Å². The molecule has 35 heavy (non-hydrogen) atoms. The standard InChI is InChI=1S/C4H12O3Si.3C4H12O2Si.C4H12OSi/c1-6-8(3,4-5)7-2;3*1-5-7(3,4)6-2;1-5-6(2,3)4/h5H,4H2,1-3H3;3*1-4H3;1-4H3. The van der Waals surface area contributed by atoms with Crippen LogP contribution in [0.4, 0.5) is 0 Å². The van der Waals surface area contributed by atoms with E-state index in [1.165, 1.54) is 0 Å². The smallest absolute Gasteiger partial charge is 0.360 e. The first kappa shape index (κ1) is 45.6. The van der Waals surface area contributed by atoms with Gasteiger partial charge in [0.05, 0.1) is 6.23 Å². The van der Waals surface area contributed by atoms with Crippen molar-refractivity contribution < 1.29 is 44.9 Å². The molecule has 0 bridgehead atoms. The summed E-state index contributed by atoms with van der Waals surface area (Å²) in [5.41, 5.74) is 0. The van der Waals surface area contributed by atoms with Crippen molar-refractivity contribution in [2.45, 2.75) is 65.5 Å². The highest BCUT2D eigenvalue weighted by Crippen LogP contribution is 2.02. The number of hydrogen-bond donors (Lipinski definition) is 1. The molecule has 0 saturated carbocycles. The van der Waals surface area contributed by atoms with Crippen LogP contribution in [0, 0.1) is 0 Å². The quantitative estimate of drug-likeness (QED) is 0.365. The molecular formula is C20H60O10Si5. The molecule has 0 aromatic carbocycles. The topological polar surface area (TPSA) is 103 Å². The Balaban J connectivity index is -0.000000107. The lowest BCUT2D eigenvalue weighted by Crippen LogP contribution is -2.40. The fourth-order valence-electron chi connectivity index (χ4n) is 0.462. The second-order valence-corrected chi connectivity index (χ2v) is 28.3. The summed E-state index contributed by atoms with van der Waals surface area (Å²) in [7, 11) is 6.72. The van der Waals surface area contributed by atoms with Crippen molar-refractivity contribution in [2.75, 3.05) is 70.2 Å². The fraction of sp³-hybridized carbons (Fsp3) is 1.00. The molecule has 0 radical (unpaired) electrons. The average Bonchev–Trinajstić information content (AvgIpc) is 2.84. The molecule has 0 fully saturated rings. The molecular weight excluding hydrogens is 541 g/mol. The highest BCUT2D eigenvalue weighted by Gasteiger charge is 2.27. The van der Waals surface area contributed by atoms with E-state index in [4.69, 9.17) is 44.9 Å². The van der Waals surface area contributed by atoms with Crippen LogP contribution in [0.25, 0.3) is 0 Å². The van der Waals surface area contributed by atoms with E-state index in [9.17, 15) is 0 Å². The van der Waals surface area contributed by atoms with Gasteiger partial charge in [-0.1, -0.05) is 0 Å². The van der Waals surface area contributed by atoms with E-state index in [1.807, 2.05) is 39.3 Å². The molecule has 0 aromatic heterocycles. The molecule has 0 aromatic rings. The van der Waals surface area contributed by atoms with Crippen molar-refractivity contribution in [2.24, 2.45) is 0 Å². The Hall–Kier alpha value is 0.684. The summed E-state index contributed by atoms with van der Waals surface area (Å²) < 4.78 is 44.9. The minimum absolute atomic E-state index is 0.0139. The lowest BCUT2D eigenvalue weighted by Gasteiger charge is -2.18. The summed E-state index contributed by atoms with van der Waals surface area (Å²) in [5.74, 6) is 0. The van der Waals surface area contributed by atoms with Gasteiger partial charge in [0, 0.05) is 64.0 Å². The Morgan fingerprint density at radius 3 is 0.543 bits per heavy atom. The van der Waals surface area contributed by atoms with E-state index in [-0.39, 0.29) is 6.23 Å². The summed E-state index contributed by atoms with van der Waals surface area (Å²) in [4.78, 5) is 0. The Bertz CT molecular complexity index is 382. The highest BCUT2D eigenvalue weighted by atomic mass is 28.4. The van der Waals surface area contributed by atoms with Crippen molar-refractivity contribution in [3.63, 3.8) is 0 Å². The summed E-state index contributed by atoms with van der Waals surface area (Å²) in [6.07, 6.45) is 0.0139. The molecule has 10 nitrogen and oxygen atoms in total. The molecule has 0 aliphatic heterocycles. The van der Waals surface area contributed by atoms with Crippen LogP contribution in [-0.2, 0) is 39.8 Å². The van der Waals surface area contributed by atoms with Crippen molar-refractivity contribution in [3.8, 4) is 0 Å². The van der Waals surface area contributed by atoms with Crippen molar-refractivity contribution in [3.05, 3.63) is 0 Å². The minimum atomic E-state index is -2.12. The largest absolute Gasteiger partial charge is 0.421 e. The van der Waals surface area contributed by atoms with Crippen molar-refractivity contribution in [1.82, 2.24) is 0 Å². The molecule has 0 saturated heterocycles. The van der Waals surface area contributed by atoms with Crippen LogP contribution >= 0.6 is 0 Å². The second kappa shape index (κ2) is 23.8. The van der Waals surface area contributed by atoms with Crippen LogP contribution < -0.4 is 0 Å². The van der Waals surface area contributed by atoms with Crippen molar-refractivity contribution in [1.29, 1.82) is 0 Å². The second-order valence-electron chi connectivity index (χ2n) is 9.44. The summed E-state index contributed by atoms with van der Waals surface area (Å²) >= 11 is 0. The molecule has 15 heteroatoms. The van der Waals surface area contributed by atoms with E-state index in [0.29, 0.717) is 0 Å². The van der Waals surface area contributed by atoms with Crippen LogP contribution in [0.1, 0.15) is 0 Å². The summed E-state index contributed by atoms with van der Waals surface area (Å²) in [5, 5.41) is 8.60. The van der Waals surface area contributed by atoms with Crippen LogP contribution in [-0.4, -0.2) is 118 Å². The van der Waals surface area contributed by atoms with Gasteiger partial charge in [-0.25, -0.2) is 0 Å². The third-order valence-corrected chi connectivity index (χ3v) is 14.1. The van der Waals surface area contributed by atoms with Crippen LogP contribution in [0.5, 0.6) is 0 Å². The maximum atomic E-state index is 8.60. The molecule has 0 aliphatic rings. The first-order chi connectivity index (χ1) is 15.6. The van der Waals surface area contributed by atoms with Gasteiger partial charge in [0.15, 0.2) is 8.32 Å². The lowest BCUT2D eigenvalue weighted by molar-refractivity contribution is 0.204. The van der Waals surface area contributed by atoms with E-state index in [0.717, 1.165) is 0 Å². The van der Waals surface area contributed by atoms with Gasteiger partial charge in [0.25, 0.3) is 0 Å². The molecule has 1 N–H and O–H groups in total. The van der Waals surface area contributed by atoms with Gasteiger partial charge >= 0.3 is 34.2 Å². The van der Waals surface area contributed by atoms with Gasteiger partial charge in [-0.3, -0.25) is 0 Å². The normalized spacial score (nSPS) is 12.0. The van der Waals surface area contributed by atoms with Gasteiger partial charge in [0.1, 0.15) is 0 Å². The Morgan fingerprint density at radius 2 is 0.543 bits per heavy atom. The van der Waals surface area contributed by atoms with E-state index < -0.39 is 42.6 Å². The SMILES string of the molecule is CO[Si](C)(C)C.CO[Si](C)(C)OC.CO[Si](C)(C)OC.CO[Si](C)(C)OC.CO[Si](C)(CO)OC. The maximum absolute atomic E-state index is 8.60. The van der Waals surface area contributed by atoms with Gasteiger partial charge in [-0.05, 0) is 65.5 Å². The number of aliphatic hydroxyl groups is 1. The summed E-state index contributed by atoms with van der Waals surface area (Å²) in [6.45, 7) is 20.2. The van der Waals surface area contributed by atoms with Gasteiger partial charge in [-0.15, -0.1) is 0 Å². The number of hydrogen-bond acceptors (Lipinski definition) is 10. The van der Waals surface area contributed by atoms with Crippen molar-refractivity contribution >= 4 is 42.6 Å². The van der Waals surface area contributed by atoms with E-state index >= 15 is 0 Å². The lowest BCUT2D eigenvalue weighted by atomic mass is 11.7. The Morgan fingerprint density at radius 1 is 0.371 bits per heavy atom. The van der Waals surface area contributed by atoms with Gasteiger partial charge < -0.3 is 44.9 Å². The summed E-state index contributed by atoms with van der Waals surface area (Å²) in [6, 6.07) is 0. The predicted octanol–water partition coefficient (Wildman–Crippen LogP) is 4.29. The predicted molar refractivity (Wildman–Crippen MR) is 158 cm³/mol. The number of rotatable bonds is 10. The first-order valence-corrected chi connectivity index (χ1v) is 25.6. The number of aliphatic hydroxyl groups excluding tert-OH is 1. The molecule has 220 valence electrons. The third-order valence-electron chi connectivity index (χ3n) is 4.71. The zero-order valence-electron chi connectivity index (χ0n) is 26.3. The molecule has 0 heterocycles. The van der Waals surface area contributed by atoms with E-state index in [1.54, 1.807) is 70.5 Å². The maximum Gasteiger partial charge on any atom is 0.360 e. The molecule has 0 aliphatic carbocycles. The fourth-order valence-corrected chi connectivity index (χ4v) is 1.39. The van der Waals surface area contributed by atoms with Gasteiger partial charge in [0.2, 0.25) is 0 Å². The Kier molecular flexibility index (Phi) is 31.0. The van der Waals surface area contributed by atoms with Crippen LogP contribution in [0.3, 0.4) is 0 Å². The van der Waals surface area contributed by atoms with Gasteiger partial charge in [-0.2, -0.15) is 0 Å². The Labute approximate surface area is 223 Å². The van der Waals surface area contributed by atoms with E-state index in [2.05, 4.69) is 19.6 Å². The third kappa shape index (κ3) is 39.4. The highest BCUT2D eigenvalue weighted by molar-refractivity contribution is 6.69. The molecule has 0 unspecified atom stereocenters. The minimum Gasteiger partial charge on any atom is -0.421 e. The van der Waals surface area contributed by atoms with Crippen LogP contribution in [0.2, 0.25) is 65.5 Å². The average molecular weight is 601 g/mol. The zero-order valence-corrected chi connectivity index (χ0v) is 31.3. The molecule has 0 spiro atoms. The molecule has 0 atom stereocenters. The monoisotopic (exact) mass is 600 g/mol. The zero-order chi connectivity index (χ0) is 29.6. The first-order valence-electron chi connectivity index (χ1n) is 11.2. The molecule has 0 rings (SSSR count).